The van der Waals surface area contributed by atoms with Gasteiger partial charge in [-0.15, -0.1) is 0 Å². The molecule has 0 bridgehead atoms. The zero-order valence-electron chi connectivity index (χ0n) is 63.6. The number of nitrogens with one attached hydrogen (secondary N) is 2. The molecule has 26 heteroatoms. The van der Waals surface area contributed by atoms with Crippen molar-refractivity contribution in [3.63, 3.8) is 0 Å². The van der Waals surface area contributed by atoms with Gasteiger partial charge >= 0.3 is 6.09 Å². The van der Waals surface area contributed by atoms with Gasteiger partial charge in [0.05, 0.1) is 16.8 Å². The summed E-state index contributed by atoms with van der Waals surface area (Å²) in [5, 5.41) is 19.1. The Balaban J connectivity index is 0.000000148. The number of benzene rings is 5. The Kier molecular flexibility index (Phi) is 33.6. The summed E-state index contributed by atoms with van der Waals surface area (Å²) in [6, 6.07) is 54.3. The summed E-state index contributed by atoms with van der Waals surface area (Å²) in [6.45, 7) is 26.9. The number of anilines is 4. The highest BCUT2D eigenvalue weighted by atomic mass is 35.5. The average molecular weight is 1490 g/mol. The highest BCUT2D eigenvalue weighted by Gasteiger charge is 2.24. The number of alkyl carbamates (subject to hydrolysis) is 1. The lowest BCUT2D eigenvalue weighted by molar-refractivity contribution is 0.0525. The second kappa shape index (κ2) is 44.2. The highest BCUT2D eigenvalue weighted by Crippen LogP contribution is 2.36. The Bertz CT molecular complexity index is 4520. The standard InChI is InChI=1S/C23H27N5OS.C21H30N4O2.C16H22N4.C14H16N2.C9H6ClN.B3.B2/c1-2-5-20-18(4-1)6-8-25-23(20)28-12-10-27(11-13-28)9-3-7-24-15-19-14-22-21(16-26-19)29-17-30-22;1-21(2,3)27-20(26)23-10-6-12-24-13-15-25(16-14-24)19-18-8-5-4-7-17(18)9-11-22-19;17-7-3-9-19-10-12-20(13-11-19)16-15-5-2-1-4-14(15)6-8-18-16;1-4-10-16(11-5-1)14-13-7-3-2-6-12(13)8-9-15-14;10-9-8-4-2-1-3-7(8)5-6-11-9;1-3-2;1-2/h1-2,4-6,8,14,16,24H,3,7,9-13,15,17H2;4-5,7-9,11H,6,10,12-16H2,1-3H3,(H,23,26);1-2,4-6,8H,3,7,9-13,17H2;2-3,6-9H,1,4-5,10-11H2;1-6H;;. The van der Waals surface area contributed by atoms with E-state index in [4.69, 9.17) is 26.8 Å². The predicted molar refractivity (Wildman–Crippen MR) is 459 cm³/mol. The summed E-state index contributed by atoms with van der Waals surface area (Å²) in [6.07, 6.45) is 18.0. The van der Waals surface area contributed by atoms with Crippen LogP contribution in [0, 0.1) is 0 Å². The molecule has 1 amide bonds. The van der Waals surface area contributed by atoms with Crippen LogP contribution in [0.2, 0.25) is 5.15 Å². The second-order valence-corrected chi connectivity index (χ2v) is 29.3. The molecular weight excluding hydrogens is 1390 g/mol. The number of halogens is 1. The molecule has 11 aromatic rings. The van der Waals surface area contributed by atoms with E-state index in [1.807, 2.05) is 82.1 Å². The zero-order valence-corrected chi connectivity index (χ0v) is 65.1. The Morgan fingerprint density at radius 3 is 1.28 bits per heavy atom. The Hall–Kier alpha value is -8.67. The highest BCUT2D eigenvalue weighted by molar-refractivity contribution is 7.99. The molecule has 5 aromatic carbocycles. The number of nitrogens with two attached hydrogens (primary N) is 1. The van der Waals surface area contributed by atoms with E-state index >= 15 is 0 Å². The van der Waals surface area contributed by atoms with E-state index in [0.29, 0.717) is 17.6 Å². The molecule has 9 radical (unpaired) electrons. The number of piperazine rings is 3. The van der Waals surface area contributed by atoms with Crippen LogP contribution >= 0.6 is 23.4 Å². The maximum absolute atomic E-state index is 11.7. The lowest BCUT2D eigenvalue weighted by Gasteiger charge is -2.35. The van der Waals surface area contributed by atoms with Gasteiger partial charge in [-0.3, -0.25) is 19.7 Å². The largest absolute Gasteiger partial charge is 0.480 e. The van der Waals surface area contributed by atoms with E-state index in [1.165, 1.54) is 67.2 Å². The van der Waals surface area contributed by atoms with Gasteiger partial charge < -0.3 is 45.4 Å². The quantitative estimate of drug-likeness (QED) is 0.0444. The first kappa shape index (κ1) is 82.8. The molecule has 11 heterocycles. The molecule has 4 fully saturated rings. The number of fused-ring (bicyclic) bond motifs is 6. The molecule has 0 saturated carbocycles. The minimum atomic E-state index is -0.448. The molecule has 0 atom stereocenters. The van der Waals surface area contributed by atoms with Gasteiger partial charge in [0.15, 0.2) is 5.75 Å². The van der Waals surface area contributed by atoms with E-state index in [2.05, 4.69) is 233 Å². The number of aromatic nitrogens is 6. The van der Waals surface area contributed by atoms with Gasteiger partial charge in [-0.2, -0.15) is 0 Å². The molecule has 5 aliphatic heterocycles. The Labute approximate surface area is 660 Å². The first-order chi connectivity index (χ1) is 53.4. The fourth-order valence-electron chi connectivity index (χ4n) is 13.9. The zero-order chi connectivity index (χ0) is 76.4. The lowest BCUT2D eigenvalue weighted by Crippen LogP contribution is -2.47. The number of carbonyl (C=O) groups excluding carboxylic acids is 1. The number of ether oxygens (including phenoxy) is 2. The van der Waals surface area contributed by atoms with Crippen molar-refractivity contribution >= 4 is 145 Å². The second-order valence-electron chi connectivity index (χ2n) is 28.0. The Morgan fingerprint density at radius 2 is 0.872 bits per heavy atom. The van der Waals surface area contributed by atoms with Crippen molar-refractivity contribution in [2.24, 2.45) is 5.73 Å². The number of thioether (sulfide) groups is 1. The van der Waals surface area contributed by atoms with Crippen molar-refractivity contribution in [2.45, 2.75) is 76.3 Å². The van der Waals surface area contributed by atoms with Crippen molar-refractivity contribution < 1.29 is 14.3 Å². The first-order valence-corrected chi connectivity index (χ1v) is 39.5. The fraction of sp³-hybridized carbons (Fsp3) is 0.386. The van der Waals surface area contributed by atoms with Crippen LogP contribution in [0.25, 0.3) is 53.9 Å². The number of rotatable bonds is 17. The third kappa shape index (κ3) is 25.2. The maximum Gasteiger partial charge on any atom is 0.407 e. The fourth-order valence-corrected chi connectivity index (χ4v) is 14.9. The van der Waals surface area contributed by atoms with Crippen LogP contribution < -0.4 is 40.7 Å². The topological polar surface area (TPSA) is 186 Å². The molecule has 0 aliphatic carbocycles. The van der Waals surface area contributed by atoms with Gasteiger partial charge in [-0.1, -0.05) is 145 Å². The molecule has 0 unspecified atom stereocenters. The van der Waals surface area contributed by atoms with Crippen LogP contribution in [-0.2, 0) is 11.3 Å². The van der Waals surface area contributed by atoms with Gasteiger partial charge in [-0.05, 0) is 155 Å². The number of carbonyl (C=O) groups is 1. The summed E-state index contributed by atoms with van der Waals surface area (Å²) in [7, 11) is 18.0. The minimum absolute atomic E-state index is 0.339. The van der Waals surface area contributed by atoms with E-state index in [1.54, 1.807) is 18.0 Å². The Morgan fingerprint density at radius 1 is 0.505 bits per heavy atom. The van der Waals surface area contributed by atoms with Crippen LogP contribution in [0.5, 0.6) is 5.75 Å². The average Bonchev–Trinajstić information content (AvgIpc) is 1.43. The van der Waals surface area contributed by atoms with Gasteiger partial charge in [0.2, 0.25) is 0 Å². The molecule has 6 aromatic heterocycles. The molecular formula is C83H101B5ClN16O3S. The van der Waals surface area contributed by atoms with Gasteiger partial charge in [-0.25, -0.2) is 29.7 Å². The number of hydrogen-bond acceptors (Lipinski definition) is 19. The van der Waals surface area contributed by atoms with Gasteiger partial charge in [0.1, 0.15) is 40.0 Å². The normalized spacial score (nSPS) is 15.2. The van der Waals surface area contributed by atoms with Crippen molar-refractivity contribution in [2.75, 3.05) is 156 Å². The minimum Gasteiger partial charge on any atom is -0.480 e. The smallest absolute Gasteiger partial charge is 0.407 e. The third-order valence-corrected chi connectivity index (χ3v) is 20.5. The summed E-state index contributed by atoms with van der Waals surface area (Å²) in [5.41, 5.74) is 6.22. The molecule has 559 valence electrons. The van der Waals surface area contributed by atoms with E-state index in [9.17, 15) is 4.79 Å². The van der Waals surface area contributed by atoms with Crippen LogP contribution in [0.1, 0.15) is 65.0 Å². The van der Waals surface area contributed by atoms with Crippen LogP contribution in [0.15, 0.2) is 200 Å². The van der Waals surface area contributed by atoms with Gasteiger partial charge in [0, 0.05) is 201 Å². The molecule has 4 N–H and O–H groups in total. The summed E-state index contributed by atoms with van der Waals surface area (Å²) in [4.78, 5) is 56.9. The molecule has 5 aliphatic rings. The van der Waals surface area contributed by atoms with Crippen molar-refractivity contribution in [3.05, 3.63) is 206 Å². The molecule has 0 spiro atoms. The third-order valence-electron chi connectivity index (χ3n) is 19.4. The van der Waals surface area contributed by atoms with Crippen LogP contribution in [-0.4, -0.2) is 231 Å². The van der Waals surface area contributed by atoms with E-state index in [-0.39, 0.29) is 6.09 Å². The number of nitrogens with zero attached hydrogens (tertiary/aromatic N) is 13. The van der Waals surface area contributed by atoms with E-state index < -0.39 is 5.60 Å². The molecule has 4 saturated heterocycles. The van der Waals surface area contributed by atoms with Gasteiger partial charge in [0.25, 0.3) is 0 Å². The van der Waals surface area contributed by atoms with Crippen molar-refractivity contribution in [1.82, 2.24) is 55.2 Å². The molecule has 16 rings (SSSR count). The van der Waals surface area contributed by atoms with Crippen LogP contribution in [0.3, 0.4) is 0 Å². The SMILES string of the molecule is CC(C)(C)OC(=O)NCCCN1CCN(c2nccc3ccccc23)CC1.Clc1nccc2ccccc12.NCCCN1CCN(c2nccc3ccccc23)CC1.[B][B].[B][B][B].c1ccc2c(N3CCCCC3)nccc2c1.c1ccc2c(N3CCN(CCCNCc4cc5c(cn4)OCS5)CC3)nccc2c1. The number of piperidine rings is 1. The number of pyridine rings is 6. The van der Waals surface area contributed by atoms with Crippen molar-refractivity contribution in [3.8, 4) is 5.75 Å². The van der Waals surface area contributed by atoms with Crippen molar-refractivity contribution in [1.29, 1.82) is 0 Å². The first-order valence-electron chi connectivity index (χ1n) is 38.1. The molecule has 19 nitrogen and oxygen atoms in total. The predicted octanol–water partition coefficient (Wildman–Crippen LogP) is 12.6. The summed E-state index contributed by atoms with van der Waals surface area (Å²) in [5.74, 6) is 6.12. The summed E-state index contributed by atoms with van der Waals surface area (Å²) < 4.78 is 10.7. The summed E-state index contributed by atoms with van der Waals surface area (Å²) >= 11 is 7.58. The monoisotopic (exact) mass is 1490 g/mol. The maximum atomic E-state index is 11.7. The number of amides is 1. The van der Waals surface area contributed by atoms with E-state index in [0.717, 1.165) is 203 Å². The number of hydrogen-bond donors (Lipinski definition) is 3. The molecule has 109 heavy (non-hydrogen) atoms. The lowest BCUT2D eigenvalue weighted by atomic mass is 9.40. The van der Waals surface area contributed by atoms with Crippen LogP contribution in [0.4, 0.5) is 28.1 Å².